The lowest BCUT2D eigenvalue weighted by atomic mass is 9.91. The summed E-state index contributed by atoms with van der Waals surface area (Å²) in [6.45, 7) is 3.43. The van der Waals surface area contributed by atoms with Crippen molar-refractivity contribution in [3.05, 3.63) is 90.1 Å². The molecule has 0 saturated heterocycles. The van der Waals surface area contributed by atoms with Gasteiger partial charge in [0.1, 0.15) is 0 Å². The lowest BCUT2D eigenvalue weighted by Gasteiger charge is -2.24. The second kappa shape index (κ2) is 7.91. The van der Waals surface area contributed by atoms with Gasteiger partial charge in [0.15, 0.2) is 9.84 Å². The van der Waals surface area contributed by atoms with E-state index in [4.69, 9.17) is 0 Å². The second-order valence-electron chi connectivity index (χ2n) is 8.28. The largest absolute Gasteiger partial charge is 0.392 e. The first kappa shape index (κ1) is 21.2. The van der Waals surface area contributed by atoms with Crippen LogP contribution in [0.25, 0.3) is 33.2 Å². The SMILES string of the molecule is CC(C)(c1cc(-c2cccc(-c3ccccc3CO)c2)c2ncccc2c1)S(C)(=O)=O. The number of rotatable bonds is 5. The summed E-state index contributed by atoms with van der Waals surface area (Å²) >= 11 is 0. The van der Waals surface area contributed by atoms with E-state index in [9.17, 15) is 13.5 Å². The standard InChI is InChI=1S/C26H25NO3S/c1-26(2,31(3,29)30)22-15-20-11-7-13-27-25(20)24(16-22)19-10-6-9-18(14-19)23-12-5-4-8-21(23)17-28/h4-16,28H,17H2,1-3H3. The van der Waals surface area contributed by atoms with Gasteiger partial charge in [-0.2, -0.15) is 0 Å². The molecule has 0 aliphatic heterocycles. The van der Waals surface area contributed by atoms with Gasteiger partial charge in [-0.1, -0.05) is 48.5 Å². The molecule has 0 aliphatic rings. The zero-order valence-electron chi connectivity index (χ0n) is 17.8. The Kier molecular flexibility index (Phi) is 5.42. The Hall–Kier alpha value is -3.02. The van der Waals surface area contributed by atoms with Crippen LogP contribution in [0.15, 0.2) is 79.0 Å². The Morgan fingerprint density at radius 2 is 1.58 bits per heavy atom. The van der Waals surface area contributed by atoms with Crippen LogP contribution in [-0.4, -0.2) is 24.8 Å². The highest BCUT2D eigenvalue weighted by Crippen LogP contribution is 2.37. The molecule has 158 valence electrons. The molecule has 3 aromatic carbocycles. The van der Waals surface area contributed by atoms with Crippen LogP contribution >= 0.6 is 0 Å². The van der Waals surface area contributed by atoms with E-state index >= 15 is 0 Å². The van der Waals surface area contributed by atoms with E-state index in [1.807, 2.05) is 66.7 Å². The maximum Gasteiger partial charge on any atom is 0.156 e. The highest BCUT2D eigenvalue weighted by molar-refractivity contribution is 7.91. The maximum atomic E-state index is 12.5. The van der Waals surface area contributed by atoms with Crippen molar-refractivity contribution in [2.75, 3.05) is 6.26 Å². The number of pyridine rings is 1. The minimum atomic E-state index is -3.33. The van der Waals surface area contributed by atoms with Crippen LogP contribution in [0.5, 0.6) is 0 Å². The van der Waals surface area contributed by atoms with Gasteiger partial charge in [0.05, 0.1) is 16.9 Å². The number of benzene rings is 3. The molecule has 0 saturated carbocycles. The van der Waals surface area contributed by atoms with Gasteiger partial charge >= 0.3 is 0 Å². The molecule has 4 nitrogen and oxygen atoms in total. The number of fused-ring (bicyclic) bond motifs is 1. The number of hydrogen-bond acceptors (Lipinski definition) is 4. The average Bonchev–Trinajstić information content (AvgIpc) is 2.77. The fraction of sp³-hybridized carbons (Fsp3) is 0.192. The normalized spacial score (nSPS) is 12.3. The van der Waals surface area contributed by atoms with Crippen LogP contribution in [0, 0.1) is 0 Å². The molecule has 0 radical (unpaired) electrons. The number of aliphatic hydroxyl groups is 1. The summed E-state index contributed by atoms with van der Waals surface area (Å²) in [7, 11) is -3.33. The molecule has 0 aliphatic carbocycles. The van der Waals surface area contributed by atoms with Gasteiger partial charge < -0.3 is 5.11 Å². The van der Waals surface area contributed by atoms with Crippen LogP contribution in [-0.2, 0) is 21.2 Å². The predicted octanol–water partition coefficient (Wildman–Crippen LogP) is 5.34. The number of aromatic nitrogens is 1. The van der Waals surface area contributed by atoms with E-state index in [0.717, 1.165) is 44.3 Å². The molecule has 1 heterocycles. The van der Waals surface area contributed by atoms with Crippen molar-refractivity contribution in [2.45, 2.75) is 25.2 Å². The van der Waals surface area contributed by atoms with Gasteiger partial charge in [-0.25, -0.2) is 8.42 Å². The molecule has 31 heavy (non-hydrogen) atoms. The molecule has 0 amide bonds. The molecule has 4 aromatic rings. The third-order valence-corrected chi connectivity index (χ3v) is 8.09. The van der Waals surface area contributed by atoms with E-state index in [1.54, 1.807) is 20.0 Å². The Labute approximate surface area is 183 Å². The van der Waals surface area contributed by atoms with Crippen LogP contribution < -0.4 is 0 Å². The van der Waals surface area contributed by atoms with Gasteiger partial charge in [0.2, 0.25) is 0 Å². The quantitative estimate of drug-likeness (QED) is 0.463. The van der Waals surface area contributed by atoms with Gasteiger partial charge in [-0.05, 0) is 65.9 Å². The summed E-state index contributed by atoms with van der Waals surface area (Å²) in [6, 6.07) is 23.5. The zero-order valence-corrected chi connectivity index (χ0v) is 18.6. The van der Waals surface area contributed by atoms with Gasteiger partial charge in [-0.3, -0.25) is 4.98 Å². The molecule has 0 atom stereocenters. The molecule has 1 N–H and O–H groups in total. The first-order valence-corrected chi connectivity index (χ1v) is 12.0. The predicted molar refractivity (Wildman–Crippen MR) is 126 cm³/mol. The molecule has 0 unspecified atom stereocenters. The van der Waals surface area contributed by atoms with E-state index < -0.39 is 14.6 Å². The summed E-state index contributed by atoms with van der Waals surface area (Å²) in [5, 5.41) is 10.6. The molecule has 0 bridgehead atoms. The third-order valence-electron chi connectivity index (χ3n) is 6.00. The molecule has 0 fully saturated rings. The first-order valence-electron chi connectivity index (χ1n) is 10.1. The fourth-order valence-corrected chi connectivity index (χ4v) is 4.31. The van der Waals surface area contributed by atoms with Crippen molar-refractivity contribution < 1.29 is 13.5 Å². The van der Waals surface area contributed by atoms with Gasteiger partial charge in [-0.15, -0.1) is 0 Å². The lowest BCUT2D eigenvalue weighted by molar-refractivity contribution is 0.282. The Balaban J connectivity index is 1.97. The monoisotopic (exact) mass is 431 g/mol. The van der Waals surface area contributed by atoms with Crippen molar-refractivity contribution >= 4 is 20.7 Å². The molecule has 0 spiro atoms. The Morgan fingerprint density at radius 3 is 2.29 bits per heavy atom. The van der Waals surface area contributed by atoms with Crippen molar-refractivity contribution in [3.63, 3.8) is 0 Å². The topological polar surface area (TPSA) is 67.3 Å². The van der Waals surface area contributed by atoms with Crippen molar-refractivity contribution in [1.82, 2.24) is 4.98 Å². The molecule has 4 rings (SSSR count). The zero-order chi connectivity index (χ0) is 22.2. The van der Waals surface area contributed by atoms with Crippen LogP contribution in [0.4, 0.5) is 0 Å². The highest BCUT2D eigenvalue weighted by Gasteiger charge is 2.33. The number of nitrogens with zero attached hydrogens (tertiary/aromatic N) is 1. The summed E-state index contributed by atoms with van der Waals surface area (Å²) in [5.41, 5.74) is 6.19. The van der Waals surface area contributed by atoms with E-state index in [1.165, 1.54) is 6.26 Å². The van der Waals surface area contributed by atoms with Crippen molar-refractivity contribution in [1.29, 1.82) is 0 Å². The minimum Gasteiger partial charge on any atom is -0.392 e. The molecule has 1 aromatic heterocycles. The third kappa shape index (κ3) is 3.87. The smallest absolute Gasteiger partial charge is 0.156 e. The minimum absolute atomic E-state index is 0.0388. The van der Waals surface area contributed by atoms with Crippen LogP contribution in [0.1, 0.15) is 25.0 Å². The Morgan fingerprint density at radius 1 is 0.871 bits per heavy atom. The summed E-state index contributed by atoms with van der Waals surface area (Å²) < 4.78 is 24.0. The first-order chi connectivity index (χ1) is 14.7. The average molecular weight is 432 g/mol. The summed E-state index contributed by atoms with van der Waals surface area (Å²) in [5.74, 6) is 0. The molecular formula is C26H25NO3S. The van der Waals surface area contributed by atoms with E-state index in [2.05, 4.69) is 11.1 Å². The Bertz CT molecular complexity index is 1370. The van der Waals surface area contributed by atoms with E-state index in [0.29, 0.717) is 0 Å². The summed E-state index contributed by atoms with van der Waals surface area (Å²) in [6.07, 6.45) is 3.02. The van der Waals surface area contributed by atoms with Crippen molar-refractivity contribution in [3.8, 4) is 22.3 Å². The second-order valence-corrected chi connectivity index (χ2v) is 10.8. The lowest BCUT2D eigenvalue weighted by Crippen LogP contribution is -2.28. The maximum absolute atomic E-state index is 12.5. The number of sulfone groups is 1. The van der Waals surface area contributed by atoms with E-state index in [-0.39, 0.29) is 6.61 Å². The van der Waals surface area contributed by atoms with Crippen LogP contribution in [0.3, 0.4) is 0 Å². The van der Waals surface area contributed by atoms with Gasteiger partial charge in [0.25, 0.3) is 0 Å². The molecular weight excluding hydrogens is 406 g/mol. The van der Waals surface area contributed by atoms with Crippen LogP contribution in [0.2, 0.25) is 0 Å². The highest BCUT2D eigenvalue weighted by atomic mass is 32.2. The number of aliphatic hydroxyl groups excluding tert-OH is 1. The summed E-state index contributed by atoms with van der Waals surface area (Å²) in [4.78, 5) is 4.59. The van der Waals surface area contributed by atoms with Gasteiger partial charge in [0, 0.05) is 23.4 Å². The van der Waals surface area contributed by atoms with Crippen molar-refractivity contribution in [2.24, 2.45) is 0 Å². The fourth-order valence-electron chi connectivity index (χ4n) is 3.77. The number of hydrogen-bond donors (Lipinski definition) is 1. The molecule has 5 heteroatoms.